The summed E-state index contributed by atoms with van der Waals surface area (Å²) in [7, 11) is 0. The highest BCUT2D eigenvalue weighted by atomic mass is 19.4. The predicted molar refractivity (Wildman–Crippen MR) is 42.9 cm³/mol. The first kappa shape index (κ1) is 9.30. The molecule has 0 saturated heterocycles. The van der Waals surface area contributed by atoms with Gasteiger partial charge in [0.25, 0.3) is 0 Å². The van der Waals surface area contributed by atoms with Gasteiger partial charge in [-0.25, -0.2) is 4.98 Å². The number of pyridine rings is 1. The summed E-state index contributed by atoms with van der Waals surface area (Å²) in [4.78, 5) is 3.58. The van der Waals surface area contributed by atoms with Gasteiger partial charge in [0.1, 0.15) is 0 Å². The first-order chi connectivity index (χ1) is 6.54. The largest absolute Gasteiger partial charge is 0.574 e. The predicted octanol–water partition coefficient (Wildman–Crippen LogP) is 2.86. The van der Waals surface area contributed by atoms with E-state index in [1.807, 2.05) is 0 Å². The fraction of sp³-hybridized carbons (Fsp3) is 0.444. The molecule has 0 amide bonds. The molecule has 1 aliphatic carbocycles. The monoisotopic (exact) mass is 203 g/mol. The molecule has 0 aliphatic heterocycles. The molecule has 1 heterocycles. The lowest BCUT2D eigenvalue weighted by Gasteiger charge is -2.07. The fourth-order valence-corrected chi connectivity index (χ4v) is 1.23. The Morgan fingerprint density at radius 2 is 2.00 bits per heavy atom. The van der Waals surface area contributed by atoms with Gasteiger partial charge in [0.05, 0.1) is 0 Å². The zero-order valence-corrected chi connectivity index (χ0v) is 7.21. The van der Waals surface area contributed by atoms with Crippen LogP contribution in [-0.2, 0) is 0 Å². The maximum Gasteiger partial charge on any atom is 0.574 e. The van der Waals surface area contributed by atoms with E-state index in [1.54, 1.807) is 6.07 Å². The van der Waals surface area contributed by atoms with Gasteiger partial charge in [-0.3, -0.25) is 0 Å². The van der Waals surface area contributed by atoms with Crippen molar-refractivity contribution < 1.29 is 17.9 Å². The van der Waals surface area contributed by atoms with Gasteiger partial charge in [-0.1, -0.05) is 6.07 Å². The zero-order valence-electron chi connectivity index (χ0n) is 7.21. The van der Waals surface area contributed by atoms with Crippen LogP contribution in [0.5, 0.6) is 5.88 Å². The Balaban J connectivity index is 2.06. The van der Waals surface area contributed by atoms with Crippen LogP contribution in [0, 0.1) is 0 Å². The van der Waals surface area contributed by atoms with Crippen LogP contribution in [0.2, 0.25) is 0 Å². The highest BCUT2D eigenvalue weighted by Gasteiger charge is 2.32. The summed E-state index contributed by atoms with van der Waals surface area (Å²) in [6.45, 7) is 0. The molecule has 0 spiro atoms. The van der Waals surface area contributed by atoms with E-state index in [0.717, 1.165) is 18.4 Å². The van der Waals surface area contributed by atoms with Gasteiger partial charge in [-0.15, -0.1) is 13.2 Å². The summed E-state index contributed by atoms with van der Waals surface area (Å²) in [6, 6.07) is 2.88. The molecule has 1 fully saturated rings. The number of rotatable bonds is 2. The molecule has 14 heavy (non-hydrogen) atoms. The summed E-state index contributed by atoms with van der Waals surface area (Å²) in [5.74, 6) is 0.0873. The van der Waals surface area contributed by atoms with Gasteiger partial charge < -0.3 is 4.74 Å². The molecule has 0 bridgehead atoms. The van der Waals surface area contributed by atoms with Crippen LogP contribution in [-0.4, -0.2) is 11.3 Å². The Morgan fingerprint density at radius 1 is 1.29 bits per heavy atom. The second-order valence-corrected chi connectivity index (χ2v) is 3.25. The van der Waals surface area contributed by atoms with E-state index in [0.29, 0.717) is 5.92 Å². The quantitative estimate of drug-likeness (QED) is 0.737. The normalized spacial score (nSPS) is 16.8. The van der Waals surface area contributed by atoms with Crippen LogP contribution in [0.4, 0.5) is 13.2 Å². The average Bonchev–Trinajstić information content (AvgIpc) is 2.85. The third-order valence-corrected chi connectivity index (χ3v) is 2.03. The number of ether oxygens (including phenoxy) is 1. The van der Waals surface area contributed by atoms with Gasteiger partial charge in [0.2, 0.25) is 5.88 Å². The lowest BCUT2D eigenvalue weighted by atomic mass is 10.2. The Kier molecular flexibility index (Phi) is 2.09. The average molecular weight is 203 g/mol. The molecular weight excluding hydrogens is 195 g/mol. The highest BCUT2D eigenvalue weighted by molar-refractivity contribution is 5.24. The standard InChI is InChI=1S/C9H8F3NO/c10-9(11,12)14-8-4-3-7(5-13-8)6-1-2-6/h3-6H,1-2H2. The van der Waals surface area contributed by atoms with E-state index >= 15 is 0 Å². The fourth-order valence-electron chi connectivity index (χ4n) is 1.23. The molecule has 0 atom stereocenters. The van der Waals surface area contributed by atoms with Crippen LogP contribution < -0.4 is 4.74 Å². The molecule has 1 saturated carbocycles. The maximum absolute atomic E-state index is 11.8. The summed E-state index contributed by atoms with van der Waals surface area (Å²) < 4.78 is 38.9. The van der Waals surface area contributed by atoms with Gasteiger partial charge in [0.15, 0.2) is 0 Å². The molecule has 76 valence electrons. The van der Waals surface area contributed by atoms with E-state index in [2.05, 4.69) is 9.72 Å². The van der Waals surface area contributed by atoms with Gasteiger partial charge >= 0.3 is 6.36 Å². The molecule has 0 radical (unpaired) electrons. The molecular formula is C9H8F3NO. The van der Waals surface area contributed by atoms with Crippen molar-refractivity contribution >= 4 is 0 Å². The van der Waals surface area contributed by atoms with Crippen molar-refractivity contribution in [3.63, 3.8) is 0 Å². The number of hydrogen-bond acceptors (Lipinski definition) is 2. The van der Waals surface area contributed by atoms with Crippen LogP contribution in [0.3, 0.4) is 0 Å². The Bertz CT molecular complexity index is 316. The van der Waals surface area contributed by atoms with Gasteiger partial charge in [-0.05, 0) is 24.3 Å². The van der Waals surface area contributed by atoms with Crippen molar-refractivity contribution in [2.24, 2.45) is 0 Å². The van der Waals surface area contributed by atoms with Crippen molar-refractivity contribution in [1.82, 2.24) is 4.98 Å². The van der Waals surface area contributed by atoms with Crippen LogP contribution in [0.1, 0.15) is 24.3 Å². The number of halogens is 3. The van der Waals surface area contributed by atoms with E-state index in [-0.39, 0.29) is 0 Å². The smallest absolute Gasteiger partial charge is 0.388 e. The highest BCUT2D eigenvalue weighted by Crippen LogP contribution is 2.40. The minimum atomic E-state index is -4.66. The second-order valence-electron chi connectivity index (χ2n) is 3.25. The number of nitrogens with zero attached hydrogens (tertiary/aromatic N) is 1. The van der Waals surface area contributed by atoms with E-state index in [9.17, 15) is 13.2 Å². The molecule has 2 rings (SSSR count). The zero-order chi connectivity index (χ0) is 10.2. The first-order valence-corrected chi connectivity index (χ1v) is 4.26. The van der Waals surface area contributed by atoms with Crippen molar-refractivity contribution in [2.45, 2.75) is 25.1 Å². The van der Waals surface area contributed by atoms with Crippen molar-refractivity contribution in [1.29, 1.82) is 0 Å². The Labute approximate surface area is 78.7 Å². The molecule has 0 unspecified atom stereocenters. The van der Waals surface area contributed by atoms with Crippen LogP contribution in [0.25, 0.3) is 0 Å². The summed E-state index contributed by atoms with van der Waals surface area (Å²) in [5.41, 5.74) is 0.986. The van der Waals surface area contributed by atoms with Crippen molar-refractivity contribution in [3.8, 4) is 5.88 Å². The molecule has 0 aromatic carbocycles. The Hall–Kier alpha value is -1.26. The first-order valence-electron chi connectivity index (χ1n) is 4.26. The van der Waals surface area contributed by atoms with Gasteiger partial charge in [-0.2, -0.15) is 0 Å². The summed E-state index contributed by atoms with van der Waals surface area (Å²) >= 11 is 0. The third kappa shape index (κ3) is 2.37. The number of hydrogen-bond donors (Lipinski definition) is 0. The minimum Gasteiger partial charge on any atom is -0.388 e. The van der Waals surface area contributed by atoms with Gasteiger partial charge in [0, 0.05) is 12.3 Å². The topological polar surface area (TPSA) is 22.1 Å². The van der Waals surface area contributed by atoms with Crippen molar-refractivity contribution in [3.05, 3.63) is 23.9 Å². The molecule has 0 N–H and O–H groups in total. The number of alkyl halides is 3. The maximum atomic E-state index is 11.8. The second kappa shape index (κ2) is 3.15. The SMILES string of the molecule is FC(F)(F)Oc1ccc(C2CC2)cn1. The van der Waals surface area contributed by atoms with E-state index < -0.39 is 12.2 Å². The third-order valence-electron chi connectivity index (χ3n) is 2.03. The molecule has 2 nitrogen and oxygen atoms in total. The molecule has 1 aromatic heterocycles. The Morgan fingerprint density at radius 3 is 2.43 bits per heavy atom. The summed E-state index contributed by atoms with van der Waals surface area (Å²) in [6.07, 6.45) is -1.02. The molecule has 1 aromatic rings. The molecule has 1 aliphatic rings. The summed E-state index contributed by atoms with van der Waals surface area (Å²) in [5, 5.41) is 0. The van der Waals surface area contributed by atoms with Crippen LogP contribution in [0.15, 0.2) is 18.3 Å². The van der Waals surface area contributed by atoms with E-state index in [1.165, 1.54) is 12.3 Å². The van der Waals surface area contributed by atoms with E-state index in [4.69, 9.17) is 0 Å². The lowest BCUT2D eigenvalue weighted by molar-refractivity contribution is -0.276. The molecule has 5 heteroatoms. The lowest BCUT2D eigenvalue weighted by Crippen LogP contribution is -2.17. The van der Waals surface area contributed by atoms with Crippen LogP contribution >= 0.6 is 0 Å². The minimum absolute atomic E-state index is 0.401. The van der Waals surface area contributed by atoms with Crippen molar-refractivity contribution in [2.75, 3.05) is 0 Å². The number of aromatic nitrogens is 1.